The molecule has 2 atom stereocenters. The van der Waals surface area contributed by atoms with Crippen molar-refractivity contribution in [2.45, 2.75) is 69.6 Å². The number of halogens is 2. The molecule has 4 N–H and O–H groups in total. The van der Waals surface area contributed by atoms with Crippen LogP contribution in [0.5, 0.6) is 0 Å². The number of hydrogen-bond donors (Lipinski definition) is 4. The van der Waals surface area contributed by atoms with Gasteiger partial charge < -0.3 is 24.6 Å². The summed E-state index contributed by atoms with van der Waals surface area (Å²) in [5.41, 5.74) is 4.85. The summed E-state index contributed by atoms with van der Waals surface area (Å²) >= 11 is 1.40. The van der Waals surface area contributed by atoms with Gasteiger partial charge in [0.1, 0.15) is 11.6 Å². The summed E-state index contributed by atoms with van der Waals surface area (Å²) < 4.78 is 33.5. The fraction of sp³-hybridized carbons (Fsp3) is 0.303. The lowest BCUT2D eigenvalue weighted by atomic mass is 10.00. The van der Waals surface area contributed by atoms with Gasteiger partial charge in [-0.2, -0.15) is 0 Å². The first-order valence-electron chi connectivity index (χ1n) is 13.8. The molecule has 0 saturated carbocycles. The van der Waals surface area contributed by atoms with Crippen molar-refractivity contribution in [3.8, 4) is 22.4 Å². The molecule has 1 aromatic heterocycles. The third-order valence-corrected chi connectivity index (χ3v) is 7.56. The fourth-order valence-electron chi connectivity index (χ4n) is 4.85. The van der Waals surface area contributed by atoms with Crippen molar-refractivity contribution in [1.82, 2.24) is 9.29 Å². The predicted octanol–water partition coefficient (Wildman–Crippen LogP) is 7.44. The molecule has 2 aromatic carbocycles. The largest absolute Gasteiger partial charge is 0.481 e. The van der Waals surface area contributed by atoms with Gasteiger partial charge in [-0.3, -0.25) is 4.79 Å². The molecule has 3 aromatic rings. The lowest BCUT2D eigenvalue weighted by molar-refractivity contribution is -0.139. The molecule has 9 heteroatoms. The van der Waals surface area contributed by atoms with Gasteiger partial charge in [0.25, 0.3) is 0 Å². The average molecular weight is 597 g/mol. The first-order valence-corrected chi connectivity index (χ1v) is 14.6. The summed E-state index contributed by atoms with van der Waals surface area (Å²) in [6, 6.07) is 12.4. The lowest BCUT2D eigenvalue weighted by Gasteiger charge is -2.20. The summed E-state index contributed by atoms with van der Waals surface area (Å²) in [7, 11) is 0. The normalized spacial score (nSPS) is 13.5. The lowest BCUT2D eigenvalue weighted by Crippen LogP contribution is -2.22. The van der Waals surface area contributed by atoms with Crippen LogP contribution in [0.15, 0.2) is 90.0 Å². The number of carboxylic acid groups (broad SMARTS) is 1. The topological polar surface area (TPSA) is 94.7 Å². The molecule has 6 nitrogen and oxygen atoms in total. The van der Waals surface area contributed by atoms with E-state index in [1.165, 1.54) is 36.2 Å². The Labute approximate surface area is 250 Å². The van der Waals surface area contributed by atoms with Crippen LogP contribution >= 0.6 is 11.9 Å². The van der Waals surface area contributed by atoms with Gasteiger partial charge in [0.2, 0.25) is 0 Å². The van der Waals surface area contributed by atoms with Crippen molar-refractivity contribution in [2.24, 2.45) is 0 Å². The SMILES string of the molecule is C=C/C=C(\C=C/C)NSc1c(-c2ccc(F)cc2)c(-c2ccc(F)cc2)n(CCC(O)CC(O)CC(=O)O)c1C(C)C. The highest BCUT2D eigenvalue weighted by Gasteiger charge is 2.28. The van der Waals surface area contributed by atoms with Crippen LogP contribution in [0.2, 0.25) is 0 Å². The number of rotatable bonds is 15. The van der Waals surface area contributed by atoms with Crippen LogP contribution in [-0.4, -0.2) is 38.1 Å². The number of allylic oxidation sites excluding steroid dienone is 4. The summed E-state index contributed by atoms with van der Waals surface area (Å²) in [5.74, 6) is -1.88. The van der Waals surface area contributed by atoms with Gasteiger partial charge in [0.15, 0.2) is 0 Å². The van der Waals surface area contributed by atoms with E-state index in [0.717, 1.165) is 38.7 Å². The van der Waals surface area contributed by atoms with E-state index in [-0.39, 0.29) is 30.4 Å². The number of aliphatic hydroxyl groups is 2. The van der Waals surface area contributed by atoms with Crippen LogP contribution in [0, 0.1) is 11.6 Å². The van der Waals surface area contributed by atoms with Gasteiger partial charge in [-0.25, -0.2) is 8.78 Å². The number of aromatic nitrogens is 1. The van der Waals surface area contributed by atoms with Crippen molar-refractivity contribution in [3.05, 3.63) is 102 Å². The monoisotopic (exact) mass is 596 g/mol. The minimum atomic E-state index is -1.17. The molecule has 3 rings (SSSR count). The second-order valence-corrected chi connectivity index (χ2v) is 11.1. The van der Waals surface area contributed by atoms with E-state index in [2.05, 4.69) is 29.7 Å². The smallest absolute Gasteiger partial charge is 0.305 e. The zero-order chi connectivity index (χ0) is 30.8. The van der Waals surface area contributed by atoms with Crippen LogP contribution in [0.1, 0.15) is 51.6 Å². The third-order valence-electron chi connectivity index (χ3n) is 6.61. The number of nitrogens with zero attached hydrogens (tertiary/aromatic N) is 1. The average Bonchev–Trinajstić information content (AvgIpc) is 3.25. The Morgan fingerprint density at radius 3 is 2.14 bits per heavy atom. The Morgan fingerprint density at radius 2 is 1.62 bits per heavy atom. The number of aliphatic carboxylic acids is 1. The fourth-order valence-corrected chi connectivity index (χ4v) is 5.97. The maximum atomic E-state index is 14.0. The molecule has 224 valence electrons. The molecule has 0 fully saturated rings. The maximum Gasteiger partial charge on any atom is 0.305 e. The zero-order valence-corrected chi connectivity index (χ0v) is 24.9. The molecule has 1 heterocycles. The van der Waals surface area contributed by atoms with Crippen LogP contribution in [0.3, 0.4) is 0 Å². The Hall–Kier alpha value is -3.66. The molecule has 0 spiro atoms. The molecular weight excluding hydrogens is 558 g/mol. The van der Waals surface area contributed by atoms with E-state index in [1.807, 2.05) is 25.2 Å². The molecule has 0 aliphatic carbocycles. The predicted molar refractivity (Wildman–Crippen MR) is 165 cm³/mol. The van der Waals surface area contributed by atoms with E-state index >= 15 is 0 Å². The number of carboxylic acids is 1. The van der Waals surface area contributed by atoms with Gasteiger partial charge >= 0.3 is 5.97 Å². The van der Waals surface area contributed by atoms with Crippen LogP contribution in [-0.2, 0) is 11.3 Å². The molecular formula is C33H38F2N2O4S. The molecule has 0 aliphatic rings. The summed E-state index contributed by atoms with van der Waals surface area (Å²) in [6.07, 6.45) is 4.92. The molecule has 2 unspecified atom stereocenters. The van der Waals surface area contributed by atoms with Gasteiger partial charge in [0.05, 0.1) is 29.2 Å². The zero-order valence-electron chi connectivity index (χ0n) is 24.1. The third kappa shape index (κ3) is 8.67. The van der Waals surface area contributed by atoms with E-state index < -0.39 is 24.6 Å². The molecule has 0 bridgehead atoms. The van der Waals surface area contributed by atoms with E-state index in [0.29, 0.717) is 6.54 Å². The van der Waals surface area contributed by atoms with Crippen LogP contribution in [0.25, 0.3) is 22.4 Å². The Morgan fingerprint density at radius 1 is 1.02 bits per heavy atom. The Balaban J connectivity index is 2.23. The molecule has 0 amide bonds. The summed E-state index contributed by atoms with van der Waals surface area (Å²) in [4.78, 5) is 11.9. The number of nitrogens with one attached hydrogen (secondary N) is 1. The number of benzene rings is 2. The Kier molecular flexibility index (Phi) is 12.2. The van der Waals surface area contributed by atoms with Crippen molar-refractivity contribution >= 4 is 17.9 Å². The maximum absolute atomic E-state index is 14.0. The van der Waals surface area contributed by atoms with Crippen LogP contribution in [0.4, 0.5) is 8.78 Å². The van der Waals surface area contributed by atoms with Crippen molar-refractivity contribution in [2.75, 3.05) is 0 Å². The van der Waals surface area contributed by atoms with Crippen LogP contribution < -0.4 is 4.72 Å². The van der Waals surface area contributed by atoms with Crippen molar-refractivity contribution in [1.29, 1.82) is 0 Å². The van der Waals surface area contributed by atoms with Gasteiger partial charge in [-0.15, -0.1) is 0 Å². The van der Waals surface area contributed by atoms with Crippen molar-refractivity contribution in [3.63, 3.8) is 0 Å². The second-order valence-electron chi connectivity index (χ2n) is 10.2. The molecule has 42 heavy (non-hydrogen) atoms. The highest BCUT2D eigenvalue weighted by Crippen LogP contribution is 2.46. The first-order chi connectivity index (χ1) is 20.0. The van der Waals surface area contributed by atoms with E-state index in [4.69, 9.17) is 5.11 Å². The van der Waals surface area contributed by atoms with Gasteiger partial charge in [-0.05, 0) is 97.3 Å². The number of hydrogen-bond acceptors (Lipinski definition) is 5. The highest BCUT2D eigenvalue weighted by molar-refractivity contribution is 7.97. The van der Waals surface area contributed by atoms with Gasteiger partial charge in [0, 0.05) is 23.5 Å². The van der Waals surface area contributed by atoms with Gasteiger partial charge in [-0.1, -0.05) is 44.7 Å². The number of carbonyl (C=O) groups is 1. The van der Waals surface area contributed by atoms with E-state index in [9.17, 15) is 23.8 Å². The minimum Gasteiger partial charge on any atom is -0.481 e. The summed E-state index contributed by atoms with van der Waals surface area (Å²) in [6.45, 7) is 10.1. The Bertz CT molecular complexity index is 1410. The summed E-state index contributed by atoms with van der Waals surface area (Å²) in [5, 5.41) is 29.8. The quantitative estimate of drug-likeness (QED) is 0.108. The standard InChI is InChI=1S/C33H38F2N2O4S/c1-5-7-26(8-6-2)36-42-33-30(22-9-13-24(34)14-10-22)32(23-11-15-25(35)16-12-23)37(31(33)21(3)4)18-17-27(38)19-28(39)20-29(40)41/h5-16,21,27-28,36,38-39H,1,17-20H2,2-4H3,(H,40,41)/b8-6-,26-7+. The molecule has 0 aliphatic heterocycles. The van der Waals surface area contributed by atoms with E-state index in [1.54, 1.807) is 30.3 Å². The number of aliphatic hydroxyl groups excluding tert-OH is 2. The van der Waals surface area contributed by atoms with Crippen molar-refractivity contribution < 1.29 is 28.9 Å². The second kappa shape index (κ2) is 15.5. The minimum absolute atomic E-state index is 0.00555. The molecule has 0 saturated heterocycles. The highest BCUT2D eigenvalue weighted by atomic mass is 32.2. The first kappa shape index (κ1) is 32.8. The molecule has 0 radical (unpaired) electrons.